The molecule has 0 saturated carbocycles. The van der Waals surface area contributed by atoms with Crippen LogP contribution in [0.25, 0.3) is 0 Å². The Morgan fingerprint density at radius 1 is 1.11 bits per heavy atom. The Kier molecular flexibility index (Phi) is 6.18. The molecule has 1 aromatic heterocycles. The van der Waals surface area contributed by atoms with Gasteiger partial charge in [0.1, 0.15) is 5.82 Å². The molecular formula is C20H23F3N4O. The van der Waals surface area contributed by atoms with Crippen LogP contribution in [-0.4, -0.2) is 48.5 Å². The summed E-state index contributed by atoms with van der Waals surface area (Å²) in [4.78, 5) is 21.2. The van der Waals surface area contributed by atoms with Crippen LogP contribution in [0.2, 0.25) is 0 Å². The number of nitrogens with one attached hydrogen (secondary N) is 1. The molecule has 5 nitrogen and oxygen atoms in total. The first-order valence-corrected chi connectivity index (χ1v) is 9.25. The summed E-state index contributed by atoms with van der Waals surface area (Å²) in [5.74, 6) is 0.112. The third-order valence-corrected chi connectivity index (χ3v) is 4.88. The second-order valence-corrected chi connectivity index (χ2v) is 6.67. The Morgan fingerprint density at radius 3 is 2.43 bits per heavy atom. The fourth-order valence-corrected chi connectivity index (χ4v) is 3.21. The number of aromatic nitrogens is 1. The zero-order chi connectivity index (χ0) is 20.1. The summed E-state index contributed by atoms with van der Waals surface area (Å²) in [7, 11) is 0. The van der Waals surface area contributed by atoms with Gasteiger partial charge >= 0.3 is 6.18 Å². The van der Waals surface area contributed by atoms with Crippen LogP contribution < -0.4 is 10.2 Å². The number of alkyl halides is 3. The van der Waals surface area contributed by atoms with Gasteiger partial charge in [0.05, 0.1) is 11.1 Å². The number of hydrogen-bond donors (Lipinski definition) is 1. The van der Waals surface area contributed by atoms with E-state index >= 15 is 0 Å². The van der Waals surface area contributed by atoms with Gasteiger partial charge in [-0.3, -0.25) is 4.79 Å². The molecule has 0 atom stereocenters. The fourth-order valence-electron chi connectivity index (χ4n) is 3.21. The van der Waals surface area contributed by atoms with Crippen molar-refractivity contribution in [1.29, 1.82) is 0 Å². The number of nitrogens with zero attached hydrogens (tertiary/aromatic N) is 3. The van der Waals surface area contributed by atoms with Crippen LogP contribution >= 0.6 is 0 Å². The van der Waals surface area contributed by atoms with Crippen molar-refractivity contribution < 1.29 is 18.0 Å². The first-order valence-electron chi connectivity index (χ1n) is 9.25. The van der Waals surface area contributed by atoms with Crippen molar-refractivity contribution in [3.8, 4) is 0 Å². The van der Waals surface area contributed by atoms with Gasteiger partial charge in [0.25, 0.3) is 5.91 Å². The van der Waals surface area contributed by atoms with E-state index < -0.39 is 17.6 Å². The van der Waals surface area contributed by atoms with Gasteiger partial charge in [-0.15, -0.1) is 0 Å². The first-order chi connectivity index (χ1) is 13.4. The van der Waals surface area contributed by atoms with E-state index in [4.69, 9.17) is 0 Å². The summed E-state index contributed by atoms with van der Waals surface area (Å²) in [5, 5.41) is 2.54. The minimum Gasteiger partial charge on any atom is -0.354 e. The summed E-state index contributed by atoms with van der Waals surface area (Å²) in [6.07, 6.45) is -2.92. The molecule has 1 aliphatic rings. The molecule has 1 fully saturated rings. The van der Waals surface area contributed by atoms with E-state index in [2.05, 4.69) is 27.0 Å². The number of carbonyl (C=O) groups excluding carboxylic acids is 1. The predicted molar refractivity (Wildman–Crippen MR) is 101 cm³/mol. The largest absolute Gasteiger partial charge is 0.417 e. The van der Waals surface area contributed by atoms with Crippen LogP contribution in [0, 0.1) is 0 Å². The number of pyridine rings is 1. The van der Waals surface area contributed by atoms with Crippen LogP contribution in [0.3, 0.4) is 0 Å². The van der Waals surface area contributed by atoms with E-state index in [-0.39, 0.29) is 12.1 Å². The number of likely N-dealkylation sites (N-methyl/N-ethyl adjacent to an activating group) is 1. The molecule has 0 radical (unpaired) electrons. The number of rotatable bonds is 5. The lowest BCUT2D eigenvalue weighted by atomic mass is 10.1. The van der Waals surface area contributed by atoms with Gasteiger partial charge in [-0.2, -0.15) is 13.2 Å². The van der Waals surface area contributed by atoms with Crippen molar-refractivity contribution in [3.05, 3.63) is 59.3 Å². The van der Waals surface area contributed by atoms with Crippen LogP contribution in [0.5, 0.6) is 0 Å². The maximum Gasteiger partial charge on any atom is 0.417 e. The number of benzene rings is 1. The van der Waals surface area contributed by atoms with E-state index in [1.54, 1.807) is 6.20 Å². The topological polar surface area (TPSA) is 48.5 Å². The molecule has 1 saturated heterocycles. The highest BCUT2D eigenvalue weighted by molar-refractivity contribution is 5.95. The highest BCUT2D eigenvalue weighted by atomic mass is 19.4. The molecule has 28 heavy (non-hydrogen) atoms. The molecule has 3 rings (SSSR count). The smallest absolute Gasteiger partial charge is 0.354 e. The number of carbonyl (C=O) groups is 1. The van der Waals surface area contributed by atoms with E-state index in [0.717, 1.165) is 50.2 Å². The average Bonchev–Trinajstić information content (AvgIpc) is 2.72. The Labute approximate surface area is 162 Å². The van der Waals surface area contributed by atoms with E-state index in [0.29, 0.717) is 0 Å². The Bertz CT molecular complexity index is 800. The zero-order valence-electron chi connectivity index (χ0n) is 15.7. The summed E-state index contributed by atoms with van der Waals surface area (Å²) in [6.45, 7) is 7.10. The van der Waals surface area contributed by atoms with Gasteiger partial charge in [0, 0.05) is 38.9 Å². The highest BCUT2D eigenvalue weighted by Crippen LogP contribution is 2.31. The number of amides is 1. The Balaban J connectivity index is 1.59. The summed E-state index contributed by atoms with van der Waals surface area (Å²) in [5.41, 5.74) is -0.589. The standard InChI is InChI=1S/C20H23F3N4O/c1-2-26-9-11-27(12-10-26)18-8-7-15(13-24-18)14-25-19(28)16-5-3-4-6-17(16)20(21,22)23/h3-8,13H,2,9-12,14H2,1H3,(H,25,28). The molecule has 2 aromatic rings. The SMILES string of the molecule is CCN1CCN(c2ccc(CNC(=O)c3ccccc3C(F)(F)F)cn2)CC1. The Morgan fingerprint density at radius 2 is 1.82 bits per heavy atom. The van der Waals surface area contributed by atoms with E-state index in [1.165, 1.54) is 18.2 Å². The van der Waals surface area contributed by atoms with Gasteiger partial charge in [0.2, 0.25) is 0 Å². The average molecular weight is 392 g/mol. The molecular weight excluding hydrogens is 369 g/mol. The van der Waals surface area contributed by atoms with Crippen molar-refractivity contribution in [2.24, 2.45) is 0 Å². The second kappa shape index (κ2) is 8.60. The minimum absolute atomic E-state index is 0.113. The molecule has 1 aliphatic heterocycles. The number of halogens is 3. The maximum absolute atomic E-state index is 13.0. The second-order valence-electron chi connectivity index (χ2n) is 6.67. The van der Waals surface area contributed by atoms with Crippen molar-refractivity contribution >= 4 is 11.7 Å². The van der Waals surface area contributed by atoms with Crippen molar-refractivity contribution in [1.82, 2.24) is 15.2 Å². The maximum atomic E-state index is 13.0. The monoisotopic (exact) mass is 392 g/mol. The molecule has 0 bridgehead atoms. The molecule has 0 aliphatic carbocycles. The van der Waals surface area contributed by atoms with Gasteiger partial charge < -0.3 is 15.1 Å². The number of hydrogen-bond acceptors (Lipinski definition) is 4. The molecule has 8 heteroatoms. The molecule has 1 aromatic carbocycles. The predicted octanol–water partition coefficient (Wildman–Crippen LogP) is 3.17. The Hall–Kier alpha value is -2.61. The molecule has 2 heterocycles. The van der Waals surface area contributed by atoms with Crippen molar-refractivity contribution in [3.63, 3.8) is 0 Å². The van der Waals surface area contributed by atoms with E-state index in [9.17, 15) is 18.0 Å². The lowest BCUT2D eigenvalue weighted by molar-refractivity contribution is -0.137. The number of piperazine rings is 1. The minimum atomic E-state index is -4.57. The molecule has 1 N–H and O–H groups in total. The van der Waals surface area contributed by atoms with Crippen LogP contribution in [0.1, 0.15) is 28.4 Å². The van der Waals surface area contributed by atoms with Crippen LogP contribution in [-0.2, 0) is 12.7 Å². The summed E-state index contributed by atoms with van der Waals surface area (Å²) >= 11 is 0. The van der Waals surface area contributed by atoms with Gasteiger partial charge in [-0.25, -0.2) is 4.98 Å². The molecule has 1 amide bonds. The zero-order valence-corrected chi connectivity index (χ0v) is 15.7. The molecule has 0 unspecified atom stereocenters. The molecule has 150 valence electrons. The quantitative estimate of drug-likeness (QED) is 0.849. The van der Waals surface area contributed by atoms with Gasteiger partial charge in [-0.1, -0.05) is 25.1 Å². The van der Waals surface area contributed by atoms with Gasteiger partial charge in [0.15, 0.2) is 0 Å². The normalized spacial score (nSPS) is 15.5. The summed E-state index contributed by atoms with van der Waals surface area (Å²) < 4.78 is 39.1. The van der Waals surface area contributed by atoms with Crippen molar-refractivity contribution in [2.45, 2.75) is 19.6 Å². The third-order valence-electron chi connectivity index (χ3n) is 4.88. The number of anilines is 1. The van der Waals surface area contributed by atoms with Crippen LogP contribution in [0.4, 0.5) is 19.0 Å². The lowest BCUT2D eigenvalue weighted by Gasteiger charge is -2.34. The highest BCUT2D eigenvalue weighted by Gasteiger charge is 2.34. The first kappa shape index (κ1) is 20.1. The summed E-state index contributed by atoms with van der Waals surface area (Å²) in [6, 6.07) is 8.48. The lowest BCUT2D eigenvalue weighted by Crippen LogP contribution is -2.46. The van der Waals surface area contributed by atoms with E-state index in [1.807, 2.05) is 12.1 Å². The third kappa shape index (κ3) is 4.81. The fraction of sp³-hybridized carbons (Fsp3) is 0.400. The van der Waals surface area contributed by atoms with Crippen LogP contribution in [0.15, 0.2) is 42.6 Å². The van der Waals surface area contributed by atoms with Crippen molar-refractivity contribution in [2.75, 3.05) is 37.6 Å². The molecule has 0 spiro atoms. The van der Waals surface area contributed by atoms with Gasteiger partial charge in [-0.05, 0) is 30.3 Å².